The van der Waals surface area contributed by atoms with Gasteiger partial charge in [0.15, 0.2) is 0 Å². The first-order valence-electron chi connectivity index (χ1n) is 8.03. The number of amides is 1. The van der Waals surface area contributed by atoms with Gasteiger partial charge in [-0.3, -0.25) is 4.79 Å². The summed E-state index contributed by atoms with van der Waals surface area (Å²) >= 11 is 0. The van der Waals surface area contributed by atoms with Crippen molar-refractivity contribution in [2.75, 3.05) is 13.2 Å². The Morgan fingerprint density at radius 2 is 2.32 bits per heavy atom. The highest BCUT2D eigenvalue weighted by Crippen LogP contribution is 2.44. The Morgan fingerprint density at radius 1 is 1.56 bits per heavy atom. The highest BCUT2D eigenvalue weighted by atomic mass is 16.5. The van der Waals surface area contributed by atoms with E-state index in [1.165, 1.54) is 6.08 Å². The summed E-state index contributed by atoms with van der Waals surface area (Å²) in [5.74, 6) is 0.848. The minimum absolute atomic E-state index is 0.242. The Bertz CT molecular complexity index is 791. The predicted molar refractivity (Wildman–Crippen MR) is 90.6 cm³/mol. The summed E-state index contributed by atoms with van der Waals surface area (Å²) in [6, 6.07) is 6.48. The van der Waals surface area contributed by atoms with E-state index in [2.05, 4.69) is 12.6 Å². The van der Waals surface area contributed by atoms with E-state index in [1.54, 1.807) is 43.0 Å². The van der Waals surface area contributed by atoms with Crippen molar-refractivity contribution in [3.8, 4) is 11.8 Å². The number of nitriles is 1. The topological polar surface area (TPSA) is 82.8 Å². The maximum Gasteiger partial charge on any atom is 0.251 e. The standard InChI is InChI=1S/C19H20N2O4/c1-4-7-24-13-9-16(22)21(11-13)17-14-8-12(10-20)5-6-15(14)25-19(2,3)18(17)23/h4-6,8-9,17-18,23H,1,7,11H2,2-3H3. The van der Waals surface area contributed by atoms with Crippen LogP contribution in [-0.4, -0.2) is 40.8 Å². The predicted octanol–water partition coefficient (Wildman–Crippen LogP) is 2.06. The van der Waals surface area contributed by atoms with Gasteiger partial charge in [0.25, 0.3) is 5.91 Å². The fourth-order valence-electron chi connectivity index (χ4n) is 3.18. The zero-order valence-corrected chi connectivity index (χ0v) is 14.2. The van der Waals surface area contributed by atoms with Crippen molar-refractivity contribution in [1.29, 1.82) is 5.26 Å². The van der Waals surface area contributed by atoms with Crippen molar-refractivity contribution in [2.45, 2.75) is 31.6 Å². The molecule has 0 saturated carbocycles. The van der Waals surface area contributed by atoms with E-state index >= 15 is 0 Å². The van der Waals surface area contributed by atoms with E-state index in [4.69, 9.17) is 9.47 Å². The molecule has 2 unspecified atom stereocenters. The Kier molecular flexibility index (Phi) is 4.27. The van der Waals surface area contributed by atoms with Gasteiger partial charge in [0.05, 0.1) is 24.2 Å². The lowest BCUT2D eigenvalue weighted by Gasteiger charge is -2.45. The molecule has 6 heteroatoms. The summed E-state index contributed by atoms with van der Waals surface area (Å²) in [5.41, 5.74) is 0.191. The first-order chi connectivity index (χ1) is 11.9. The van der Waals surface area contributed by atoms with Gasteiger partial charge in [-0.2, -0.15) is 5.26 Å². The molecule has 2 aliphatic heterocycles. The molecule has 0 radical (unpaired) electrons. The number of hydrogen-bond acceptors (Lipinski definition) is 5. The van der Waals surface area contributed by atoms with Crippen LogP contribution in [0, 0.1) is 11.3 Å². The molecule has 0 aromatic heterocycles. The minimum atomic E-state index is -0.954. The molecule has 1 aromatic carbocycles. The van der Waals surface area contributed by atoms with Crippen LogP contribution in [0.15, 0.2) is 42.7 Å². The van der Waals surface area contributed by atoms with Crippen LogP contribution in [0.1, 0.15) is 31.0 Å². The highest BCUT2D eigenvalue weighted by molar-refractivity contribution is 5.91. The van der Waals surface area contributed by atoms with Crippen LogP contribution >= 0.6 is 0 Å². The number of fused-ring (bicyclic) bond motifs is 1. The van der Waals surface area contributed by atoms with Gasteiger partial charge in [-0.25, -0.2) is 0 Å². The molecule has 1 aromatic rings. The van der Waals surface area contributed by atoms with Crippen molar-refractivity contribution in [2.24, 2.45) is 0 Å². The molecule has 3 rings (SSSR count). The van der Waals surface area contributed by atoms with Crippen LogP contribution in [0.4, 0.5) is 0 Å². The van der Waals surface area contributed by atoms with Gasteiger partial charge < -0.3 is 19.5 Å². The third kappa shape index (κ3) is 2.99. The molecule has 6 nitrogen and oxygen atoms in total. The lowest BCUT2D eigenvalue weighted by Crippen LogP contribution is -2.54. The maximum atomic E-state index is 12.5. The van der Waals surface area contributed by atoms with Crippen molar-refractivity contribution in [3.05, 3.63) is 53.8 Å². The number of carbonyl (C=O) groups is 1. The average Bonchev–Trinajstić information content (AvgIpc) is 2.94. The number of hydrogen-bond donors (Lipinski definition) is 1. The van der Waals surface area contributed by atoms with E-state index < -0.39 is 17.7 Å². The Balaban J connectivity index is 1.99. The molecule has 25 heavy (non-hydrogen) atoms. The van der Waals surface area contributed by atoms with Gasteiger partial charge in [0.2, 0.25) is 0 Å². The molecule has 2 atom stereocenters. The molecule has 2 aliphatic rings. The second-order valence-electron chi connectivity index (χ2n) is 6.64. The molecular weight excluding hydrogens is 320 g/mol. The van der Waals surface area contributed by atoms with Crippen molar-refractivity contribution < 1.29 is 19.4 Å². The molecule has 2 heterocycles. The maximum absolute atomic E-state index is 12.5. The molecular formula is C19H20N2O4. The van der Waals surface area contributed by atoms with Crippen molar-refractivity contribution >= 4 is 5.91 Å². The average molecular weight is 340 g/mol. The van der Waals surface area contributed by atoms with Crippen molar-refractivity contribution in [1.82, 2.24) is 4.90 Å². The highest BCUT2D eigenvalue weighted by Gasteiger charge is 2.47. The van der Waals surface area contributed by atoms with Gasteiger partial charge in [-0.1, -0.05) is 12.7 Å². The summed E-state index contributed by atoms with van der Waals surface area (Å²) in [5, 5.41) is 20.0. The largest absolute Gasteiger partial charge is 0.492 e. The van der Waals surface area contributed by atoms with Gasteiger partial charge in [0, 0.05) is 11.6 Å². The van der Waals surface area contributed by atoms with Gasteiger partial charge >= 0.3 is 0 Å². The van der Waals surface area contributed by atoms with Crippen molar-refractivity contribution in [3.63, 3.8) is 0 Å². The third-order valence-electron chi connectivity index (χ3n) is 4.46. The molecule has 0 bridgehead atoms. The van der Waals surface area contributed by atoms with Crippen LogP contribution in [0.5, 0.6) is 5.75 Å². The fourth-order valence-corrected chi connectivity index (χ4v) is 3.18. The van der Waals surface area contributed by atoms with E-state index in [1.807, 2.05) is 0 Å². The summed E-state index contributed by atoms with van der Waals surface area (Å²) in [7, 11) is 0. The zero-order valence-electron chi connectivity index (χ0n) is 14.2. The number of carbonyl (C=O) groups excluding carboxylic acids is 1. The molecule has 1 amide bonds. The second kappa shape index (κ2) is 6.26. The second-order valence-corrected chi connectivity index (χ2v) is 6.64. The van der Waals surface area contributed by atoms with E-state index in [0.29, 0.717) is 29.2 Å². The summed E-state index contributed by atoms with van der Waals surface area (Å²) in [4.78, 5) is 14.0. The van der Waals surface area contributed by atoms with E-state index in [9.17, 15) is 15.2 Å². The van der Waals surface area contributed by atoms with E-state index in [-0.39, 0.29) is 12.5 Å². The Hall–Kier alpha value is -2.78. The monoisotopic (exact) mass is 340 g/mol. The number of aliphatic hydroxyl groups is 1. The lowest BCUT2D eigenvalue weighted by molar-refractivity contribution is -0.137. The van der Waals surface area contributed by atoms with Crippen LogP contribution in [0.25, 0.3) is 0 Å². The summed E-state index contributed by atoms with van der Waals surface area (Å²) in [6.07, 6.45) is 2.08. The molecule has 1 N–H and O–H groups in total. The third-order valence-corrected chi connectivity index (χ3v) is 4.46. The number of ether oxygens (including phenoxy) is 2. The molecule has 0 aliphatic carbocycles. The number of benzene rings is 1. The van der Waals surface area contributed by atoms with Crippen LogP contribution in [0.3, 0.4) is 0 Å². The SMILES string of the molecule is C=CCOC1=CC(=O)N(C2c3cc(C#N)ccc3OC(C)(C)C2O)C1. The Morgan fingerprint density at radius 3 is 3.00 bits per heavy atom. The Labute approximate surface area is 146 Å². The van der Waals surface area contributed by atoms with E-state index in [0.717, 1.165) is 0 Å². The number of rotatable bonds is 4. The fraction of sp³-hybridized carbons (Fsp3) is 0.368. The summed E-state index contributed by atoms with van der Waals surface area (Å²) < 4.78 is 11.4. The quantitative estimate of drug-likeness (QED) is 0.848. The lowest BCUT2D eigenvalue weighted by atomic mass is 9.85. The number of aliphatic hydroxyl groups excluding tert-OH is 1. The van der Waals surface area contributed by atoms with Crippen LogP contribution < -0.4 is 4.74 Å². The molecule has 0 spiro atoms. The normalized spacial score (nSPS) is 24.0. The first-order valence-corrected chi connectivity index (χ1v) is 8.03. The van der Waals surface area contributed by atoms with Gasteiger partial charge in [-0.15, -0.1) is 0 Å². The summed E-state index contributed by atoms with van der Waals surface area (Å²) in [6.45, 7) is 7.70. The number of nitrogens with zero attached hydrogens (tertiary/aromatic N) is 2. The minimum Gasteiger partial charge on any atom is -0.492 e. The molecule has 130 valence electrons. The first kappa shape index (κ1) is 17.1. The molecule has 0 saturated heterocycles. The smallest absolute Gasteiger partial charge is 0.251 e. The van der Waals surface area contributed by atoms with Crippen LogP contribution in [-0.2, 0) is 9.53 Å². The zero-order chi connectivity index (χ0) is 18.2. The van der Waals surface area contributed by atoms with Crippen LogP contribution in [0.2, 0.25) is 0 Å². The van der Waals surface area contributed by atoms with Gasteiger partial charge in [-0.05, 0) is 32.0 Å². The molecule has 0 fully saturated rings. The van der Waals surface area contributed by atoms with Gasteiger partial charge in [0.1, 0.15) is 29.8 Å².